The molecule has 2 rings (SSSR count). The van der Waals surface area contributed by atoms with Gasteiger partial charge in [-0.3, -0.25) is 14.8 Å². The van der Waals surface area contributed by atoms with Crippen molar-refractivity contribution in [3.63, 3.8) is 0 Å². The molecule has 2 aromatic rings. The smallest absolute Gasteiger partial charge is 0.345 e. The van der Waals surface area contributed by atoms with Crippen LogP contribution < -0.4 is 10.8 Å². The molecule has 1 aromatic carbocycles. The Hall–Kier alpha value is -2.39. The third-order valence-corrected chi connectivity index (χ3v) is 4.32. The van der Waals surface area contributed by atoms with E-state index in [-0.39, 0.29) is 9.75 Å². The highest BCUT2D eigenvalue weighted by molar-refractivity contribution is 7.15. The van der Waals surface area contributed by atoms with Crippen molar-refractivity contribution in [1.29, 1.82) is 0 Å². The Balaban J connectivity index is 2.06. The van der Waals surface area contributed by atoms with Gasteiger partial charge < -0.3 is 5.32 Å². The quantitative estimate of drug-likeness (QED) is 0.579. The second kappa shape index (κ2) is 7.02. The fraction of sp³-hybridized carbons (Fsp3) is 0.200. The molecule has 2 amide bonds. The second-order valence-electron chi connectivity index (χ2n) is 4.92. The number of carbonyl (C=O) groups excluding carboxylic acids is 2. The Morgan fingerprint density at radius 3 is 2.08 bits per heavy atom. The van der Waals surface area contributed by atoms with E-state index in [4.69, 9.17) is 5.21 Å². The number of halogens is 3. The summed E-state index contributed by atoms with van der Waals surface area (Å²) in [4.78, 5) is 23.7. The summed E-state index contributed by atoms with van der Waals surface area (Å²) in [5.41, 5.74) is 1.22. The van der Waals surface area contributed by atoms with E-state index in [1.54, 1.807) is 6.92 Å². The number of hydroxylamine groups is 1. The van der Waals surface area contributed by atoms with E-state index in [0.717, 1.165) is 23.5 Å². The predicted molar refractivity (Wildman–Crippen MR) is 80.9 cm³/mol. The van der Waals surface area contributed by atoms with Gasteiger partial charge in [0.2, 0.25) is 0 Å². The van der Waals surface area contributed by atoms with Crippen LogP contribution in [0, 0.1) is 0 Å². The lowest BCUT2D eigenvalue weighted by Crippen LogP contribution is -2.26. The van der Waals surface area contributed by atoms with Gasteiger partial charge in [0, 0.05) is 0 Å². The number of amides is 2. The van der Waals surface area contributed by atoms with E-state index in [1.807, 2.05) is 0 Å². The molecule has 1 aromatic heterocycles. The standard InChI is InChI=1S/C15H13F3N2O3S/c1-8(9-2-4-10(5-3-9)15(16,17)18)19-13(21)11-6-7-12(24-11)14(22)20-23/h2-8,23H,1H3,(H,19,21)(H,20,22)/t8-/m1/s1. The molecule has 0 radical (unpaired) electrons. The Bertz CT molecular complexity index is 741. The van der Waals surface area contributed by atoms with Gasteiger partial charge >= 0.3 is 6.18 Å². The zero-order valence-electron chi connectivity index (χ0n) is 12.3. The van der Waals surface area contributed by atoms with Crippen molar-refractivity contribution < 1.29 is 28.0 Å². The lowest BCUT2D eigenvalue weighted by Gasteiger charge is -2.15. The van der Waals surface area contributed by atoms with Crippen LogP contribution in [0.25, 0.3) is 0 Å². The van der Waals surface area contributed by atoms with E-state index in [9.17, 15) is 22.8 Å². The minimum atomic E-state index is -4.41. The van der Waals surface area contributed by atoms with Gasteiger partial charge in [0.1, 0.15) is 0 Å². The number of hydrogen-bond acceptors (Lipinski definition) is 4. The third-order valence-electron chi connectivity index (χ3n) is 3.24. The van der Waals surface area contributed by atoms with Crippen molar-refractivity contribution in [2.24, 2.45) is 0 Å². The maximum atomic E-state index is 12.5. The minimum Gasteiger partial charge on any atom is -0.345 e. The average Bonchev–Trinajstić information content (AvgIpc) is 3.03. The van der Waals surface area contributed by atoms with Crippen LogP contribution in [0.1, 0.15) is 43.4 Å². The maximum absolute atomic E-state index is 12.5. The summed E-state index contributed by atoms with van der Waals surface area (Å²) in [6, 6.07) is 6.79. The van der Waals surface area contributed by atoms with E-state index in [1.165, 1.54) is 29.7 Å². The van der Waals surface area contributed by atoms with Crippen LogP contribution in [0.5, 0.6) is 0 Å². The van der Waals surface area contributed by atoms with Crippen LogP contribution >= 0.6 is 11.3 Å². The van der Waals surface area contributed by atoms with Gasteiger partial charge in [0.25, 0.3) is 11.8 Å². The van der Waals surface area contributed by atoms with E-state index in [2.05, 4.69) is 5.32 Å². The molecule has 0 aliphatic rings. The zero-order valence-corrected chi connectivity index (χ0v) is 13.2. The van der Waals surface area contributed by atoms with Crippen molar-refractivity contribution in [2.75, 3.05) is 0 Å². The number of rotatable bonds is 4. The number of benzene rings is 1. The summed E-state index contributed by atoms with van der Waals surface area (Å²) in [6.07, 6.45) is -4.41. The molecule has 0 saturated heterocycles. The molecule has 0 aliphatic carbocycles. The Morgan fingerprint density at radius 2 is 1.58 bits per heavy atom. The molecule has 1 heterocycles. The zero-order chi connectivity index (χ0) is 17.9. The van der Waals surface area contributed by atoms with Gasteiger partial charge in [-0.25, -0.2) is 5.48 Å². The molecule has 0 bridgehead atoms. The number of thiophene rings is 1. The summed E-state index contributed by atoms with van der Waals surface area (Å²) in [7, 11) is 0. The highest BCUT2D eigenvalue weighted by Gasteiger charge is 2.30. The van der Waals surface area contributed by atoms with Gasteiger partial charge in [-0.05, 0) is 36.8 Å². The van der Waals surface area contributed by atoms with Crippen molar-refractivity contribution in [2.45, 2.75) is 19.1 Å². The number of alkyl halides is 3. The highest BCUT2D eigenvalue weighted by Crippen LogP contribution is 2.30. The molecule has 0 aliphatic heterocycles. The van der Waals surface area contributed by atoms with Gasteiger partial charge in [-0.15, -0.1) is 11.3 Å². The molecule has 0 fully saturated rings. The summed E-state index contributed by atoms with van der Waals surface area (Å²) in [5.74, 6) is -1.20. The first-order valence-corrected chi connectivity index (χ1v) is 7.56. The fourth-order valence-electron chi connectivity index (χ4n) is 1.95. The molecule has 9 heteroatoms. The lowest BCUT2D eigenvalue weighted by molar-refractivity contribution is -0.137. The first kappa shape index (κ1) is 18.0. The van der Waals surface area contributed by atoms with Crippen LogP contribution in [-0.2, 0) is 6.18 Å². The van der Waals surface area contributed by atoms with Crippen LogP contribution in [-0.4, -0.2) is 17.0 Å². The van der Waals surface area contributed by atoms with E-state index in [0.29, 0.717) is 5.56 Å². The first-order chi connectivity index (χ1) is 11.2. The molecular formula is C15H13F3N2O3S. The third kappa shape index (κ3) is 4.12. The van der Waals surface area contributed by atoms with E-state index >= 15 is 0 Å². The topological polar surface area (TPSA) is 78.4 Å². The van der Waals surface area contributed by atoms with Crippen molar-refractivity contribution in [1.82, 2.24) is 10.8 Å². The largest absolute Gasteiger partial charge is 0.416 e. The van der Waals surface area contributed by atoms with Crippen molar-refractivity contribution >= 4 is 23.2 Å². The lowest BCUT2D eigenvalue weighted by atomic mass is 10.1. The molecule has 128 valence electrons. The van der Waals surface area contributed by atoms with Crippen molar-refractivity contribution in [3.05, 3.63) is 57.3 Å². The number of hydrogen-bond donors (Lipinski definition) is 3. The Kier molecular flexibility index (Phi) is 5.25. The number of nitrogens with one attached hydrogen (secondary N) is 2. The van der Waals surface area contributed by atoms with Crippen molar-refractivity contribution in [3.8, 4) is 0 Å². The molecule has 0 unspecified atom stereocenters. The average molecular weight is 358 g/mol. The summed E-state index contributed by atoms with van der Waals surface area (Å²) < 4.78 is 37.6. The Morgan fingerprint density at radius 1 is 1.04 bits per heavy atom. The Labute approximate surface area is 139 Å². The fourth-order valence-corrected chi connectivity index (χ4v) is 2.75. The first-order valence-electron chi connectivity index (χ1n) is 6.74. The SMILES string of the molecule is C[C@@H](NC(=O)c1ccc(C(=O)NO)s1)c1ccc(C(F)(F)F)cc1. The highest BCUT2D eigenvalue weighted by atomic mass is 32.1. The number of carbonyl (C=O) groups is 2. The molecule has 3 N–H and O–H groups in total. The monoisotopic (exact) mass is 358 g/mol. The van der Waals surface area contributed by atoms with Gasteiger partial charge in [-0.1, -0.05) is 12.1 Å². The van der Waals surface area contributed by atoms with Gasteiger partial charge in [-0.2, -0.15) is 13.2 Å². The maximum Gasteiger partial charge on any atom is 0.416 e. The van der Waals surface area contributed by atoms with Crippen LogP contribution in [0.4, 0.5) is 13.2 Å². The normalized spacial score (nSPS) is 12.5. The molecule has 24 heavy (non-hydrogen) atoms. The van der Waals surface area contributed by atoms with E-state index < -0.39 is 29.6 Å². The summed E-state index contributed by atoms with van der Waals surface area (Å²) >= 11 is 0.884. The molecule has 0 spiro atoms. The van der Waals surface area contributed by atoms with Gasteiger partial charge in [0.15, 0.2) is 0 Å². The van der Waals surface area contributed by atoms with Gasteiger partial charge in [0.05, 0.1) is 21.4 Å². The summed E-state index contributed by atoms with van der Waals surface area (Å²) in [5, 5.41) is 11.2. The molecule has 1 atom stereocenters. The van der Waals surface area contributed by atoms with Crippen LogP contribution in [0.15, 0.2) is 36.4 Å². The molecule has 5 nitrogen and oxygen atoms in total. The molecular weight excluding hydrogens is 345 g/mol. The van der Waals surface area contributed by atoms with Crippen LogP contribution in [0.3, 0.4) is 0 Å². The minimum absolute atomic E-state index is 0.157. The predicted octanol–water partition coefficient (Wildman–Crippen LogP) is 3.38. The molecule has 0 saturated carbocycles. The van der Waals surface area contributed by atoms with Crippen LogP contribution in [0.2, 0.25) is 0 Å². The summed E-state index contributed by atoms with van der Waals surface area (Å²) in [6.45, 7) is 1.63. The second-order valence-corrected chi connectivity index (χ2v) is 6.00.